The van der Waals surface area contributed by atoms with E-state index in [9.17, 15) is 27.9 Å². The van der Waals surface area contributed by atoms with Crippen LogP contribution in [0.15, 0.2) is 55.0 Å². The van der Waals surface area contributed by atoms with Crippen LogP contribution < -0.4 is 11.1 Å². The van der Waals surface area contributed by atoms with Crippen LogP contribution in [0.5, 0.6) is 0 Å². The van der Waals surface area contributed by atoms with E-state index in [4.69, 9.17) is 10.7 Å². The fourth-order valence-corrected chi connectivity index (χ4v) is 5.71. The Bertz CT molecular complexity index is 1620. The van der Waals surface area contributed by atoms with Gasteiger partial charge in [-0.05, 0) is 49.4 Å². The number of rotatable bonds is 6. The van der Waals surface area contributed by atoms with E-state index in [1.54, 1.807) is 24.5 Å². The van der Waals surface area contributed by atoms with E-state index in [1.807, 2.05) is 18.2 Å². The van der Waals surface area contributed by atoms with Gasteiger partial charge in [0.05, 0.1) is 11.0 Å². The van der Waals surface area contributed by atoms with Gasteiger partial charge in [-0.3, -0.25) is 14.0 Å². The largest absolute Gasteiger partial charge is 0.481 e. The summed E-state index contributed by atoms with van der Waals surface area (Å²) in [6.07, 6.45) is 2.34. The number of alkyl halides is 3. The zero-order chi connectivity index (χ0) is 29.5. The fourth-order valence-electron chi connectivity index (χ4n) is 5.71. The number of hydrogen-bond acceptors (Lipinski definition) is 6. The quantitative estimate of drug-likeness (QED) is 0.259. The molecule has 0 aliphatic heterocycles. The number of carboxylic acids is 1. The second-order valence-electron chi connectivity index (χ2n) is 10.7. The predicted molar refractivity (Wildman–Crippen MR) is 146 cm³/mol. The lowest BCUT2D eigenvalue weighted by Crippen LogP contribution is -2.40. The van der Waals surface area contributed by atoms with Crippen LogP contribution in [0.3, 0.4) is 0 Å². The van der Waals surface area contributed by atoms with Gasteiger partial charge in [0.25, 0.3) is 5.91 Å². The highest BCUT2D eigenvalue weighted by molar-refractivity contribution is 6.04. The van der Waals surface area contributed by atoms with Crippen LogP contribution in [-0.4, -0.2) is 36.3 Å². The van der Waals surface area contributed by atoms with Gasteiger partial charge in [-0.25, -0.2) is 15.0 Å². The SMILES string of the molecule is CC(C)[C@@]1(C(=O)O)CCC[C@H](c2nc(-c3ccc(C(=O)Nc4cc(C(F)(F)F)ccn4)cc3)c3c(N)nccn23)C1. The molecule has 2 atom stereocenters. The van der Waals surface area contributed by atoms with Crippen LogP contribution in [-0.2, 0) is 11.0 Å². The molecule has 1 aliphatic rings. The van der Waals surface area contributed by atoms with E-state index in [0.717, 1.165) is 31.2 Å². The molecule has 3 aromatic heterocycles. The van der Waals surface area contributed by atoms with Crippen LogP contribution in [0.2, 0.25) is 0 Å². The van der Waals surface area contributed by atoms with Crippen LogP contribution in [0.4, 0.5) is 24.8 Å². The summed E-state index contributed by atoms with van der Waals surface area (Å²) in [7, 11) is 0. The number of nitrogens with two attached hydrogens (primary N) is 1. The molecule has 1 fully saturated rings. The van der Waals surface area contributed by atoms with E-state index in [1.165, 1.54) is 12.1 Å². The molecule has 5 rings (SSSR count). The molecule has 4 aromatic rings. The first-order chi connectivity index (χ1) is 19.4. The third-order valence-electron chi connectivity index (χ3n) is 8.04. The van der Waals surface area contributed by atoms with E-state index in [-0.39, 0.29) is 29.0 Å². The molecular formula is C29H29F3N6O3. The molecule has 1 saturated carbocycles. The number of halogens is 3. The van der Waals surface area contributed by atoms with Crippen molar-refractivity contribution in [2.24, 2.45) is 11.3 Å². The van der Waals surface area contributed by atoms with Gasteiger partial charge in [-0.15, -0.1) is 0 Å². The van der Waals surface area contributed by atoms with Crippen LogP contribution in [0.25, 0.3) is 16.8 Å². The Labute approximate surface area is 233 Å². The number of aliphatic carboxylic acids is 1. The molecule has 0 bridgehead atoms. The number of anilines is 2. The highest BCUT2D eigenvalue weighted by Gasteiger charge is 2.46. The maximum Gasteiger partial charge on any atom is 0.416 e. The monoisotopic (exact) mass is 566 g/mol. The molecule has 0 saturated heterocycles. The third-order valence-corrected chi connectivity index (χ3v) is 8.04. The van der Waals surface area contributed by atoms with Crippen molar-refractivity contribution >= 4 is 29.0 Å². The lowest BCUT2D eigenvalue weighted by atomic mass is 9.63. The van der Waals surface area contributed by atoms with Crippen LogP contribution in [0.1, 0.15) is 67.2 Å². The van der Waals surface area contributed by atoms with Crippen molar-refractivity contribution in [1.82, 2.24) is 19.4 Å². The Kier molecular flexibility index (Phi) is 7.18. The highest BCUT2D eigenvalue weighted by atomic mass is 19.4. The smallest absolute Gasteiger partial charge is 0.416 e. The van der Waals surface area contributed by atoms with Crippen molar-refractivity contribution in [3.63, 3.8) is 0 Å². The lowest BCUT2D eigenvalue weighted by Gasteiger charge is -2.40. The van der Waals surface area contributed by atoms with Crippen molar-refractivity contribution < 1.29 is 27.9 Å². The second-order valence-corrected chi connectivity index (χ2v) is 10.7. The molecule has 12 heteroatoms. The summed E-state index contributed by atoms with van der Waals surface area (Å²) >= 11 is 0. The van der Waals surface area contributed by atoms with Crippen molar-refractivity contribution in [1.29, 1.82) is 0 Å². The summed E-state index contributed by atoms with van der Waals surface area (Å²) in [6.45, 7) is 3.88. The molecular weight excluding hydrogens is 537 g/mol. The molecule has 0 radical (unpaired) electrons. The predicted octanol–water partition coefficient (Wildman–Crippen LogP) is 6.03. The van der Waals surface area contributed by atoms with E-state index in [2.05, 4.69) is 15.3 Å². The second kappa shape index (κ2) is 10.5. The summed E-state index contributed by atoms with van der Waals surface area (Å²) in [6, 6.07) is 8.00. The number of fused-ring (bicyclic) bond motifs is 1. The molecule has 0 unspecified atom stereocenters. The van der Waals surface area contributed by atoms with E-state index >= 15 is 0 Å². The van der Waals surface area contributed by atoms with Crippen LogP contribution in [0, 0.1) is 11.3 Å². The van der Waals surface area contributed by atoms with Gasteiger partial charge in [0.2, 0.25) is 0 Å². The normalized spacial score (nSPS) is 19.4. The number of nitrogen functional groups attached to an aromatic ring is 1. The Morgan fingerprint density at radius 1 is 1.15 bits per heavy atom. The summed E-state index contributed by atoms with van der Waals surface area (Å²) in [5, 5.41) is 12.5. The van der Waals surface area contributed by atoms with Crippen molar-refractivity contribution in [2.45, 2.75) is 51.6 Å². The van der Waals surface area contributed by atoms with Gasteiger partial charge in [0.15, 0.2) is 0 Å². The first-order valence-corrected chi connectivity index (χ1v) is 13.2. The molecule has 1 amide bonds. The fraction of sp³-hybridized carbons (Fsp3) is 0.345. The maximum atomic E-state index is 13.0. The summed E-state index contributed by atoms with van der Waals surface area (Å²) < 4.78 is 40.9. The molecule has 41 heavy (non-hydrogen) atoms. The highest BCUT2D eigenvalue weighted by Crippen LogP contribution is 2.49. The van der Waals surface area contributed by atoms with E-state index in [0.29, 0.717) is 35.4 Å². The first-order valence-electron chi connectivity index (χ1n) is 13.2. The minimum absolute atomic E-state index is 0.0509. The molecule has 3 heterocycles. The maximum absolute atomic E-state index is 13.0. The lowest BCUT2D eigenvalue weighted by molar-refractivity contribution is -0.155. The molecule has 214 valence electrons. The number of hydrogen-bond donors (Lipinski definition) is 3. The van der Waals surface area contributed by atoms with Crippen molar-refractivity contribution in [3.05, 3.63) is 71.9 Å². The third kappa shape index (κ3) is 5.21. The molecule has 9 nitrogen and oxygen atoms in total. The average Bonchev–Trinajstić information content (AvgIpc) is 3.34. The number of nitrogens with zero attached hydrogens (tertiary/aromatic N) is 4. The van der Waals surface area contributed by atoms with E-state index < -0.39 is 29.0 Å². The Hall–Kier alpha value is -4.48. The van der Waals surface area contributed by atoms with Gasteiger partial charge in [0.1, 0.15) is 28.7 Å². The number of carboxylic acid groups (broad SMARTS) is 1. The minimum atomic E-state index is -4.56. The number of benzene rings is 1. The molecule has 1 aromatic carbocycles. The molecule has 1 aliphatic carbocycles. The number of carbonyl (C=O) groups excluding carboxylic acids is 1. The van der Waals surface area contributed by atoms with Gasteiger partial charge in [-0.2, -0.15) is 13.2 Å². The van der Waals surface area contributed by atoms with Gasteiger partial charge >= 0.3 is 12.1 Å². The Morgan fingerprint density at radius 2 is 1.88 bits per heavy atom. The Balaban J connectivity index is 1.46. The summed E-state index contributed by atoms with van der Waals surface area (Å²) in [5.41, 5.74) is 6.47. The number of carbonyl (C=O) groups is 2. The average molecular weight is 567 g/mol. The number of aromatic nitrogens is 4. The number of imidazole rings is 1. The first kappa shape index (κ1) is 28.1. The summed E-state index contributed by atoms with van der Waals surface area (Å²) in [5.74, 6) is -0.853. The number of amides is 1. The van der Waals surface area contributed by atoms with Gasteiger partial charge < -0.3 is 16.2 Å². The van der Waals surface area contributed by atoms with Gasteiger partial charge in [-0.1, -0.05) is 32.4 Å². The molecule has 0 spiro atoms. The standard InChI is InChI=1S/C29H29F3N6O3/c1-16(2)28(27(40)41)10-3-4-19(15-28)25-37-22(23-24(33)35-12-13-38(23)25)17-5-7-18(8-6-17)26(39)36-21-14-20(9-11-34-21)29(30,31)32/h5-9,11-14,16,19H,3-4,10,15H2,1-2H3,(H2,33,35)(H,40,41)(H,34,36,39)/t19-,28+/m0/s1. The number of pyridine rings is 1. The molecule has 4 N–H and O–H groups in total. The summed E-state index contributed by atoms with van der Waals surface area (Å²) in [4.78, 5) is 38.1. The van der Waals surface area contributed by atoms with Gasteiger partial charge in [0, 0.05) is 35.6 Å². The Morgan fingerprint density at radius 3 is 2.54 bits per heavy atom. The zero-order valence-electron chi connectivity index (χ0n) is 22.4. The topological polar surface area (TPSA) is 135 Å². The zero-order valence-corrected chi connectivity index (χ0v) is 22.4. The van der Waals surface area contributed by atoms with Crippen molar-refractivity contribution in [2.75, 3.05) is 11.1 Å². The number of nitrogens with one attached hydrogen (secondary N) is 1. The minimum Gasteiger partial charge on any atom is -0.481 e. The van der Waals surface area contributed by atoms with Crippen LogP contribution >= 0.6 is 0 Å². The van der Waals surface area contributed by atoms with Crippen molar-refractivity contribution in [3.8, 4) is 11.3 Å².